The molecule has 0 fully saturated rings. The lowest BCUT2D eigenvalue weighted by atomic mass is 9.94. The van der Waals surface area contributed by atoms with E-state index in [1.807, 2.05) is 23.5 Å². The fourth-order valence-corrected chi connectivity index (χ4v) is 5.22. The van der Waals surface area contributed by atoms with Gasteiger partial charge >= 0.3 is 0 Å². The molecule has 2 aromatic rings. The summed E-state index contributed by atoms with van der Waals surface area (Å²) in [5, 5.41) is 0.824. The largest absolute Gasteiger partial charge is 0.288 e. The van der Waals surface area contributed by atoms with Gasteiger partial charge in [-0.2, -0.15) is 0 Å². The first kappa shape index (κ1) is 18.8. The Morgan fingerprint density at radius 1 is 1.36 bits per heavy atom. The summed E-state index contributed by atoms with van der Waals surface area (Å²) in [4.78, 5) is 6.29. The van der Waals surface area contributed by atoms with E-state index >= 15 is 0 Å². The lowest BCUT2D eigenvalue weighted by Gasteiger charge is -2.36. The molecule has 0 amide bonds. The monoisotopic (exact) mass is 389 g/mol. The van der Waals surface area contributed by atoms with Crippen molar-refractivity contribution in [2.24, 2.45) is 0 Å². The topological polar surface area (TPSA) is 3.24 Å². The third kappa shape index (κ3) is 4.22. The molecule has 0 spiro atoms. The zero-order valence-electron chi connectivity index (χ0n) is 14.6. The van der Waals surface area contributed by atoms with Gasteiger partial charge in [-0.3, -0.25) is 4.90 Å². The van der Waals surface area contributed by atoms with Crippen LogP contribution in [0, 0.1) is 0 Å². The number of fused-ring (bicyclic) bond motifs is 1. The number of benzene rings is 1. The average molecular weight is 390 g/mol. The fraction of sp³-hybridized carbons (Fsp3) is 0.333. The SMILES string of the molecule is C=C(S)Cc1cc2c(s1)CCN(C(C(=C)CC)c1ccccc1Cl)C2. The van der Waals surface area contributed by atoms with Crippen LogP contribution in [0.25, 0.3) is 0 Å². The van der Waals surface area contributed by atoms with E-state index in [1.54, 1.807) is 0 Å². The van der Waals surface area contributed by atoms with Crippen LogP contribution in [0.5, 0.6) is 0 Å². The Hall–Kier alpha value is -1.00. The Morgan fingerprint density at radius 3 is 2.80 bits per heavy atom. The van der Waals surface area contributed by atoms with Crippen molar-refractivity contribution in [3.05, 3.63) is 79.9 Å². The van der Waals surface area contributed by atoms with E-state index < -0.39 is 0 Å². The van der Waals surface area contributed by atoms with Crippen molar-refractivity contribution in [2.75, 3.05) is 6.54 Å². The molecule has 1 aliphatic heterocycles. The van der Waals surface area contributed by atoms with Crippen LogP contribution in [-0.4, -0.2) is 11.4 Å². The molecular formula is C21H24ClNS2. The quantitative estimate of drug-likeness (QED) is 0.438. The predicted octanol–water partition coefficient (Wildman–Crippen LogP) is 6.45. The second kappa shape index (κ2) is 8.13. The van der Waals surface area contributed by atoms with Gasteiger partial charge in [0.15, 0.2) is 0 Å². The maximum Gasteiger partial charge on any atom is 0.0576 e. The van der Waals surface area contributed by atoms with E-state index in [4.69, 9.17) is 11.6 Å². The molecule has 0 bridgehead atoms. The Bertz CT molecular complexity index is 793. The zero-order valence-corrected chi connectivity index (χ0v) is 17.1. The lowest BCUT2D eigenvalue weighted by Crippen LogP contribution is -2.34. The normalized spacial score (nSPS) is 15.6. The fourth-order valence-electron chi connectivity index (χ4n) is 3.49. The number of halogens is 1. The summed E-state index contributed by atoms with van der Waals surface area (Å²) in [6.07, 6.45) is 2.89. The van der Waals surface area contributed by atoms with Gasteiger partial charge in [0, 0.05) is 34.3 Å². The molecule has 1 aliphatic rings. The number of allylic oxidation sites excluding steroid dienone is 1. The zero-order chi connectivity index (χ0) is 18.0. The van der Waals surface area contributed by atoms with Gasteiger partial charge in [-0.05, 0) is 41.0 Å². The minimum absolute atomic E-state index is 0.176. The standard InChI is InChI=1S/C21H24ClNS2/c1-4-14(2)21(18-7-5-6-8-19(18)22)23-10-9-20-16(13-23)12-17(25-20)11-15(3)24/h5-8,12,21,24H,2-4,9-11,13H2,1H3. The summed E-state index contributed by atoms with van der Waals surface area (Å²) in [5.74, 6) is 0. The van der Waals surface area contributed by atoms with Crippen LogP contribution < -0.4 is 0 Å². The van der Waals surface area contributed by atoms with Crippen molar-refractivity contribution in [3.63, 3.8) is 0 Å². The van der Waals surface area contributed by atoms with Gasteiger partial charge in [0.05, 0.1) is 6.04 Å². The van der Waals surface area contributed by atoms with Gasteiger partial charge in [-0.1, -0.05) is 55.5 Å². The smallest absolute Gasteiger partial charge is 0.0576 e. The Morgan fingerprint density at radius 2 is 2.12 bits per heavy atom. The third-order valence-electron chi connectivity index (χ3n) is 4.73. The minimum Gasteiger partial charge on any atom is -0.288 e. The Labute approximate surface area is 165 Å². The Kier molecular flexibility index (Phi) is 6.11. The summed E-state index contributed by atoms with van der Waals surface area (Å²) >= 11 is 12.8. The number of thiol groups is 1. The van der Waals surface area contributed by atoms with Crippen LogP contribution in [-0.2, 0) is 19.4 Å². The number of hydrogen-bond acceptors (Lipinski definition) is 3. The maximum absolute atomic E-state index is 6.52. The van der Waals surface area contributed by atoms with Gasteiger partial charge in [0.25, 0.3) is 0 Å². The molecule has 0 radical (unpaired) electrons. The Balaban J connectivity index is 1.89. The second-order valence-electron chi connectivity index (χ2n) is 6.56. The van der Waals surface area contributed by atoms with Crippen LogP contribution >= 0.6 is 35.6 Å². The second-order valence-corrected chi connectivity index (χ2v) is 8.82. The van der Waals surface area contributed by atoms with Gasteiger partial charge in [-0.25, -0.2) is 0 Å². The predicted molar refractivity (Wildman–Crippen MR) is 114 cm³/mol. The molecule has 25 heavy (non-hydrogen) atoms. The van der Waals surface area contributed by atoms with Crippen molar-refractivity contribution >= 4 is 35.6 Å². The van der Waals surface area contributed by atoms with E-state index in [0.717, 1.165) is 42.3 Å². The molecule has 2 heterocycles. The first-order valence-corrected chi connectivity index (χ1v) is 10.3. The summed E-state index contributed by atoms with van der Waals surface area (Å²) in [5.41, 5.74) is 3.82. The van der Waals surface area contributed by atoms with Crippen molar-refractivity contribution < 1.29 is 0 Å². The van der Waals surface area contributed by atoms with Gasteiger partial charge in [0.2, 0.25) is 0 Å². The summed E-state index contributed by atoms with van der Waals surface area (Å²) < 4.78 is 0. The van der Waals surface area contributed by atoms with Gasteiger partial charge in [-0.15, -0.1) is 24.0 Å². The number of thiophene rings is 1. The molecule has 0 aliphatic carbocycles. The third-order valence-corrected chi connectivity index (χ3v) is 6.47. The van der Waals surface area contributed by atoms with Crippen molar-refractivity contribution in [1.82, 2.24) is 4.90 Å². The molecule has 3 rings (SSSR count). The minimum atomic E-state index is 0.176. The van der Waals surface area contributed by atoms with Crippen LogP contribution in [0.3, 0.4) is 0 Å². The molecule has 0 N–H and O–H groups in total. The summed E-state index contributed by atoms with van der Waals surface area (Å²) in [6.45, 7) is 12.4. The van der Waals surface area contributed by atoms with Crippen molar-refractivity contribution in [1.29, 1.82) is 0 Å². The highest BCUT2D eigenvalue weighted by atomic mass is 35.5. The van der Waals surface area contributed by atoms with E-state index in [9.17, 15) is 0 Å². The van der Waals surface area contributed by atoms with E-state index in [1.165, 1.54) is 26.5 Å². The number of rotatable bonds is 6. The molecule has 1 aromatic carbocycles. The first-order valence-electron chi connectivity index (χ1n) is 8.63. The van der Waals surface area contributed by atoms with Crippen molar-refractivity contribution in [3.8, 4) is 0 Å². The van der Waals surface area contributed by atoms with Crippen LogP contribution in [0.4, 0.5) is 0 Å². The van der Waals surface area contributed by atoms with Crippen molar-refractivity contribution in [2.45, 2.75) is 38.8 Å². The maximum atomic E-state index is 6.52. The molecule has 1 unspecified atom stereocenters. The highest BCUT2D eigenvalue weighted by Gasteiger charge is 2.28. The molecule has 132 valence electrons. The summed E-state index contributed by atoms with van der Waals surface area (Å²) in [6, 6.07) is 10.7. The first-order chi connectivity index (χ1) is 12.0. The molecule has 4 heteroatoms. The van der Waals surface area contributed by atoms with Crippen LogP contribution in [0.15, 0.2) is 54.0 Å². The highest BCUT2D eigenvalue weighted by molar-refractivity contribution is 7.84. The van der Waals surface area contributed by atoms with Gasteiger partial charge in [0.1, 0.15) is 0 Å². The van der Waals surface area contributed by atoms with E-state index in [0.29, 0.717) is 0 Å². The summed E-state index contributed by atoms with van der Waals surface area (Å²) in [7, 11) is 0. The molecule has 0 saturated carbocycles. The number of nitrogens with zero attached hydrogens (tertiary/aromatic N) is 1. The highest BCUT2D eigenvalue weighted by Crippen LogP contribution is 2.38. The average Bonchev–Trinajstić information content (AvgIpc) is 2.97. The molecule has 1 atom stereocenters. The molecule has 1 aromatic heterocycles. The van der Waals surface area contributed by atoms with Crippen LogP contribution in [0.2, 0.25) is 5.02 Å². The lowest BCUT2D eigenvalue weighted by molar-refractivity contribution is 0.203. The molecule has 1 nitrogen and oxygen atoms in total. The van der Waals surface area contributed by atoms with Crippen LogP contribution in [0.1, 0.15) is 40.3 Å². The molecular weight excluding hydrogens is 366 g/mol. The number of hydrogen-bond donors (Lipinski definition) is 1. The van der Waals surface area contributed by atoms with E-state index in [2.05, 4.69) is 55.8 Å². The molecule has 0 saturated heterocycles. The van der Waals surface area contributed by atoms with Gasteiger partial charge < -0.3 is 0 Å². The van der Waals surface area contributed by atoms with E-state index in [-0.39, 0.29) is 6.04 Å².